The number of aromatic nitrogens is 1. The first-order valence-corrected chi connectivity index (χ1v) is 6.67. The second-order valence-corrected chi connectivity index (χ2v) is 5.00. The monoisotopic (exact) mass is 275 g/mol. The molecule has 0 radical (unpaired) electrons. The quantitative estimate of drug-likeness (QED) is 0.433. The molecule has 0 aliphatic heterocycles. The van der Waals surface area contributed by atoms with Gasteiger partial charge in [0.05, 0.1) is 5.52 Å². The van der Waals surface area contributed by atoms with Crippen molar-refractivity contribution in [2.75, 3.05) is 0 Å². The van der Waals surface area contributed by atoms with Crippen LogP contribution < -0.4 is 5.73 Å². The predicted molar refractivity (Wildman–Crippen MR) is 84.1 cm³/mol. The maximum absolute atomic E-state index is 7.51. The molecule has 2 heterocycles. The van der Waals surface area contributed by atoms with Crippen LogP contribution in [0.3, 0.4) is 0 Å². The average molecular weight is 275 g/mol. The van der Waals surface area contributed by atoms with Crippen LogP contribution in [0.1, 0.15) is 5.56 Å². The SMILES string of the molecule is N=C(N)c1ccc2oc(-n3ccc4ccccc43)cc2c1. The van der Waals surface area contributed by atoms with Crippen LogP contribution in [0.2, 0.25) is 0 Å². The summed E-state index contributed by atoms with van der Waals surface area (Å²) in [7, 11) is 0. The summed E-state index contributed by atoms with van der Waals surface area (Å²) in [4.78, 5) is 0. The summed E-state index contributed by atoms with van der Waals surface area (Å²) in [5.74, 6) is 0.818. The Kier molecular flexibility index (Phi) is 2.38. The molecular weight excluding hydrogens is 262 g/mol. The highest BCUT2D eigenvalue weighted by Gasteiger charge is 2.09. The molecule has 4 rings (SSSR count). The zero-order chi connectivity index (χ0) is 14.4. The van der Waals surface area contributed by atoms with Crippen molar-refractivity contribution in [1.29, 1.82) is 5.41 Å². The summed E-state index contributed by atoms with van der Waals surface area (Å²) in [6.45, 7) is 0. The van der Waals surface area contributed by atoms with Gasteiger partial charge in [-0.25, -0.2) is 0 Å². The van der Waals surface area contributed by atoms with Gasteiger partial charge in [0.2, 0.25) is 5.88 Å². The molecule has 0 atom stereocenters. The molecular formula is C17H13N3O. The van der Waals surface area contributed by atoms with Crippen molar-refractivity contribution < 1.29 is 4.42 Å². The van der Waals surface area contributed by atoms with E-state index in [1.807, 2.05) is 41.1 Å². The highest BCUT2D eigenvalue weighted by molar-refractivity contribution is 5.98. The van der Waals surface area contributed by atoms with E-state index < -0.39 is 0 Å². The number of para-hydroxylation sites is 1. The molecule has 21 heavy (non-hydrogen) atoms. The smallest absolute Gasteiger partial charge is 0.205 e. The standard InChI is InChI=1S/C17H13N3O/c18-17(19)12-5-6-15-13(9-12)10-16(21-15)20-8-7-11-3-1-2-4-14(11)20/h1-10H,(H3,18,19). The van der Waals surface area contributed by atoms with Crippen molar-refractivity contribution in [3.63, 3.8) is 0 Å². The van der Waals surface area contributed by atoms with Crippen molar-refractivity contribution in [3.8, 4) is 5.88 Å². The lowest BCUT2D eigenvalue weighted by molar-refractivity contribution is 0.585. The zero-order valence-corrected chi connectivity index (χ0v) is 11.2. The minimum Gasteiger partial charge on any atom is -0.440 e. The fourth-order valence-corrected chi connectivity index (χ4v) is 2.59. The molecule has 2 aromatic carbocycles. The van der Waals surface area contributed by atoms with E-state index in [9.17, 15) is 0 Å². The molecule has 4 aromatic rings. The Labute approximate surface area is 120 Å². The Balaban J connectivity index is 1.92. The van der Waals surface area contributed by atoms with E-state index >= 15 is 0 Å². The summed E-state index contributed by atoms with van der Waals surface area (Å²) in [6, 6.07) is 17.7. The summed E-state index contributed by atoms with van der Waals surface area (Å²) in [6.07, 6.45) is 1.99. The van der Waals surface area contributed by atoms with E-state index in [0.29, 0.717) is 5.56 Å². The second kappa shape index (κ2) is 4.24. The van der Waals surface area contributed by atoms with E-state index in [-0.39, 0.29) is 5.84 Å². The molecule has 0 amide bonds. The summed E-state index contributed by atoms with van der Waals surface area (Å²) >= 11 is 0. The molecule has 0 spiro atoms. The van der Waals surface area contributed by atoms with Crippen molar-refractivity contribution in [1.82, 2.24) is 4.57 Å². The number of nitrogens with two attached hydrogens (primary N) is 1. The fourth-order valence-electron chi connectivity index (χ4n) is 2.59. The first-order valence-electron chi connectivity index (χ1n) is 6.67. The Morgan fingerprint density at radius 3 is 2.71 bits per heavy atom. The van der Waals surface area contributed by atoms with Gasteiger partial charge in [0.25, 0.3) is 0 Å². The number of amidine groups is 1. The molecule has 0 fully saturated rings. The molecule has 0 unspecified atom stereocenters. The summed E-state index contributed by atoms with van der Waals surface area (Å²) in [5, 5.41) is 9.62. The van der Waals surface area contributed by atoms with Gasteiger partial charge >= 0.3 is 0 Å². The van der Waals surface area contributed by atoms with E-state index in [0.717, 1.165) is 22.4 Å². The molecule has 0 saturated heterocycles. The number of fused-ring (bicyclic) bond motifs is 2. The molecule has 0 aliphatic carbocycles. The second-order valence-electron chi connectivity index (χ2n) is 5.00. The van der Waals surface area contributed by atoms with Gasteiger partial charge in [0.1, 0.15) is 11.4 Å². The minimum absolute atomic E-state index is 0.0612. The molecule has 102 valence electrons. The fraction of sp³-hybridized carbons (Fsp3) is 0. The lowest BCUT2D eigenvalue weighted by Gasteiger charge is -1.99. The third kappa shape index (κ3) is 1.80. The largest absolute Gasteiger partial charge is 0.440 e. The maximum atomic E-state index is 7.51. The van der Waals surface area contributed by atoms with E-state index in [1.54, 1.807) is 6.07 Å². The first-order chi connectivity index (χ1) is 10.2. The summed E-state index contributed by atoms with van der Waals surface area (Å²) < 4.78 is 7.92. The van der Waals surface area contributed by atoms with Gasteiger partial charge in [0.15, 0.2) is 0 Å². The normalized spacial score (nSPS) is 11.2. The molecule has 3 N–H and O–H groups in total. The Hall–Kier alpha value is -3.01. The third-order valence-corrected chi connectivity index (χ3v) is 3.65. The van der Waals surface area contributed by atoms with Crippen LogP contribution in [-0.2, 0) is 0 Å². The minimum atomic E-state index is 0.0612. The van der Waals surface area contributed by atoms with Crippen molar-refractivity contribution >= 4 is 27.7 Å². The lowest BCUT2D eigenvalue weighted by Crippen LogP contribution is -2.10. The van der Waals surface area contributed by atoms with Crippen LogP contribution >= 0.6 is 0 Å². The van der Waals surface area contributed by atoms with E-state index in [1.165, 1.54) is 5.39 Å². The van der Waals surface area contributed by atoms with Crippen LogP contribution in [0.15, 0.2) is 65.2 Å². The van der Waals surface area contributed by atoms with Crippen LogP contribution in [0.4, 0.5) is 0 Å². The number of furan rings is 1. The highest BCUT2D eigenvalue weighted by Crippen LogP contribution is 2.26. The van der Waals surface area contributed by atoms with Gasteiger partial charge in [-0.15, -0.1) is 0 Å². The number of rotatable bonds is 2. The topological polar surface area (TPSA) is 67.9 Å². The van der Waals surface area contributed by atoms with Crippen molar-refractivity contribution in [2.24, 2.45) is 5.73 Å². The van der Waals surface area contributed by atoms with Gasteiger partial charge in [-0.2, -0.15) is 0 Å². The van der Waals surface area contributed by atoms with Gasteiger partial charge in [-0.1, -0.05) is 18.2 Å². The Morgan fingerprint density at radius 1 is 1.00 bits per heavy atom. The van der Waals surface area contributed by atoms with Gasteiger partial charge in [-0.3, -0.25) is 9.98 Å². The Morgan fingerprint density at radius 2 is 1.86 bits per heavy atom. The molecule has 4 heteroatoms. The van der Waals surface area contributed by atoms with Crippen molar-refractivity contribution in [2.45, 2.75) is 0 Å². The van der Waals surface area contributed by atoms with Gasteiger partial charge in [0, 0.05) is 28.6 Å². The van der Waals surface area contributed by atoms with Crippen LogP contribution in [0, 0.1) is 5.41 Å². The third-order valence-electron chi connectivity index (χ3n) is 3.65. The highest BCUT2D eigenvalue weighted by atomic mass is 16.4. The number of hydrogen-bond acceptors (Lipinski definition) is 2. The molecule has 0 saturated carbocycles. The molecule has 0 aliphatic rings. The number of nitrogen functional groups attached to an aromatic ring is 1. The maximum Gasteiger partial charge on any atom is 0.205 e. The van der Waals surface area contributed by atoms with Crippen LogP contribution in [0.5, 0.6) is 0 Å². The number of benzene rings is 2. The number of nitrogens with one attached hydrogen (secondary N) is 1. The Bertz CT molecular complexity index is 978. The zero-order valence-electron chi connectivity index (χ0n) is 11.2. The molecule has 2 aromatic heterocycles. The molecule has 4 nitrogen and oxygen atoms in total. The predicted octanol–water partition coefficient (Wildman–Crippen LogP) is 3.66. The van der Waals surface area contributed by atoms with E-state index in [4.69, 9.17) is 15.6 Å². The van der Waals surface area contributed by atoms with Crippen LogP contribution in [-0.4, -0.2) is 10.4 Å². The lowest BCUT2D eigenvalue weighted by atomic mass is 10.1. The van der Waals surface area contributed by atoms with Crippen LogP contribution in [0.25, 0.3) is 27.8 Å². The summed E-state index contributed by atoms with van der Waals surface area (Å²) in [5.41, 5.74) is 8.11. The number of nitrogens with zero attached hydrogens (tertiary/aromatic N) is 1. The number of hydrogen-bond donors (Lipinski definition) is 2. The van der Waals surface area contributed by atoms with Gasteiger partial charge in [-0.05, 0) is 30.3 Å². The van der Waals surface area contributed by atoms with Gasteiger partial charge < -0.3 is 10.2 Å². The first kappa shape index (κ1) is 11.8. The molecule has 0 bridgehead atoms. The van der Waals surface area contributed by atoms with E-state index in [2.05, 4.69) is 18.2 Å². The average Bonchev–Trinajstić information content (AvgIpc) is 3.09. The van der Waals surface area contributed by atoms with Crippen molar-refractivity contribution in [3.05, 3.63) is 66.4 Å².